The molecule has 0 spiro atoms. The summed E-state index contributed by atoms with van der Waals surface area (Å²) in [6, 6.07) is 19.7. The third kappa shape index (κ3) is 3.61. The molecule has 0 aromatic heterocycles. The van der Waals surface area contributed by atoms with Crippen molar-refractivity contribution in [2.24, 2.45) is 0 Å². The van der Waals surface area contributed by atoms with Crippen molar-refractivity contribution in [1.82, 2.24) is 5.32 Å². The molecule has 0 fully saturated rings. The number of rotatable bonds is 2. The average Bonchev–Trinajstić information content (AvgIpc) is 2.62. The van der Waals surface area contributed by atoms with Gasteiger partial charge in [-0.25, -0.2) is 0 Å². The van der Waals surface area contributed by atoms with Gasteiger partial charge in [0.15, 0.2) is 5.11 Å². The molecule has 4 nitrogen and oxygen atoms in total. The zero-order valence-electron chi connectivity index (χ0n) is 12.9. The molecule has 122 valence electrons. The van der Waals surface area contributed by atoms with Crippen LogP contribution in [0.1, 0.15) is 15.9 Å². The van der Waals surface area contributed by atoms with Crippen molar-refractivity contribution in [3.8, 4) is 6.07 Å². The molecule has 2 N–H and O–H groups in total. The van der Waals surface area contributed by atoms with Crippen LogP contribution in [0.5, 0.6) is 0 Å². The van der Waals surface area contributed by atoms with E-state index in [0.29, 0.717) is 21.8 Å². The van der Waals surface area contributed by atoms with Gasteiger partial charge in [-0.05, 0) is 41.9 Å². The number of hydrogen-bond donors (Lipinski definition) is 2. The zero-order chi connectivity index (χ0) is 17.8. The van der Waals surface area contributed by atoms with Gasteiger partial charge in [0.25, 0.3) is 5.91 Å². The van der Waals surface area contributed by atoms with Crippen molar-refractivity contribution < 1.29 is 4.79 Å². The van der Waals surface area contributed by atoms with Gasteiger partial charge in [0.05, 0.1) is 11.3 Å². The highest BCUT2D eigenvalue weighted by Crippen LogP contribution is 2.26. The van der Waals surface area contributed by atoms with E-state index in [9.17, 15) is 4.79 Å². The highest BCUT2D eigenvalue weighted by Gasteiger charge is 2.13. The third-order valence-electron chi connectivity index (χ3n) is 3.64. The van der Waals surface area contributed by atoms with Crippen molar-refractivity contribution >= 4 is 51.3 Å². The Bertz CT molecular complexity index is 1030. The Kier molecular flexibility index (Phi) is 4.94. The van der Waals surface area contributed by atoms with Crippen molar-refractivity contribution in [1.29, 1.82) is 5.26 Å². The van der Waals surface area contributed by atoms with E-state index >= 15 is 0 Å². The summed E-state index contributed by atoms with van der Waals surface area (Å²) in [6.45, 7) is 0. The molecule has 0 saturated carbocycles. The van der Waals surface area contributed by atoms with E-state index in [4.69, 9.17) is 29.1 Å². The van der Waals surface area contributed by atoms with E-state index in [1.54, 1.807) is 48.5 Å². The quantitative estimate of drug-likeness (QED) is 0.656. The fraction of sp³-hybridized carbons (Fsp3) is 0. The highest BCUT2D eigenvalue weighted by molar-refractivity contribution is 7.80. The number of nitriles is 1. The van der Waals surface area contributed by atoms with Gasteiger partial charge >= 0.3 is 0 Å². The van der Waals surface area contributed by atoms with Gasteiger partial charge in [-0.3, -0.25) is 10.1 Å². The van der Waals surface area contributed by atoms with Gasteiger partial charge in [-0.15, -0.1) is 0 Å². The minimum atomic E-state index is -0.347. The molecule has 0 atom stereocenters. The minimum Gasteiger partial charge on any atom is -0.331 e. The summed E-state index contributed by atoms with van der Waals surface area (Å²) in [6.07, 6.45) is 0. The summed E-state index contributed by atoms with van der Waals surface area (Å²) in [4.78, 5) is 12.6. The molecule has 6 heteroatoms. The number of nitrogens with one attached hydrogen (secondary N) is 2. The molecule has 0 bridgehead atoms. The fourth-order valence-electron chi connectivity index (χ4n) is 2.48. The SMILES string of the molecule is N#Cc1ccccc1NC(=S)NC(=O)c1cccc2c(Cl)cccc12. The van der Waals surface area contributed by atoms with Crippen LogP contribution in [0.15, 0.2) is 60.7 Å². The number of nitrogens with zero attached hydrogens (tertiary/aromatic N) is 1. The van der Waals surface area contributed by atoms with Gasteiger partial charge in [0.2, 0.25) is 0 Å². The number of fused-ring (bicyclic) bond motifs is 1. The van der Waals surface area contributed by atoms with Crippen molar-refractivity contribution in [3.05, 3.63) is 76.8 Å². The van der Waals surface area contributed by atoms with Crippen LogP contribution < -0.4 is 10.6 Å². The lowest BCUT2D eigenvalue weighted by molar-refractivity contribution is 0.0979. The van der Waals surface area contributed by atoms with Crippen molar-refractivity contribution in [2.75, 3.05) is 5.32 Å². The highest BCUT2D eigenvalue weighted by atomic mass is 35.5. The molecule has 0 radical (unpaired) electrons. The second kappa shape index (κ2) is 7.31. The lowest BCUT2D eigenvalue weighted by atomic mass is 10.0. The van der Waals surface area contributed by atoms with E-state index < -0.39 is 0 Å². The molecule has 3 rings (SSSR count). The smallest absolute Gasteiger partial charge is 0.258 e. The van der Waals surface area contributed by atoms with Crippen molar-refractivity contribution in [3.63, 3.8) is 0 Å². The first-order valence-electron chi connectivity index (χ1n) is 7.39. The van der Waals surface area contributed by atoms with Crippen LogP contribution in [-0.4, -0.2) is 11.0 Å². The summed E-state index contributed by atoms with van der Waals surface area (Å²) in [5, 5.41) is 16.8. The van der Waals surface area contributed by atoms with Gasteiger partial charge < -0.3 is 5.32 Å². The monoisotopic (exact) mass is 365 g/mol. The largest absolute Gasteiger partial charge is 0.331 e. The molecule has 0 aliphatic rings. The molecule has 3 aromatic carbocycles. The fourth-order valence-corrected chi connectivity index (χ4v) is 2.92. The van der Waals surface area contributed by atoms with Gasteiger partial charge in [-0.1, -0.05) is 48.0 Å². The Hall–Kier alpha value is -2.94. The predicted molar refractivity (Wildman–Crippen MR) is 104 cm³/mol. The number of halogens is 1. The Balaban J connectivity index is 1.82. The molecule has 1 amide bonds. The number of anilines is 1. The first-order valence-corrected chi connectivity index (χ1v) is 8.17. The van der Waals surface area contributed by atoms with Crippen LogP contribution >= 0.6 is 23.8 Å². The second-order valence-corrected chi connectivity index (χ2v) is 6.02. The number of para-hydroxylation sites is 1. The summed E-state index contributed by atoms with van der Waals surface area (Å²) >= 11 is 11.4. The molecule has 0 heterocycles. The Morgan fingerprint density at radius 2 is 1.72 bits per heavy atom. The van der Waals surface area contributed by atoms with Crippen LogP contribution in [0.2, 0.25) is 5.02 Å². The van der Waals surface area contributed by atoms with Crippen LogP contribution in [0.3, 0.4) is 0 Å². The van der Waals surface area contributed by atoms with Crippen LogP contribution in [-0.2, 0) is 0 Å². The molecular weight excluding hydrogens is 354 g/mol. The average molecular weight is 366 g/mol. The maximum absolute atomic E-state index is 12.6. The maximum atomic E-state index is 12.6. The molecule has 25 heavy (non-hydrogen) atoms. The Morgan fingerprint density at radius 1 is 1.00 bits per heavy atom. The molecular formula is C19H12ClN3OS. The van der Waals surface area contributed by atoms with E-state index in [2.05, 4.69) is 16.7 Å². The third-order valence-corrected chi connectivity index (χ3v) is 4.17. The van der Waals surface area contributed by atoms with Crippen molar-refractivity contribution in [2.45, 2.75) is 0 Å². The number of carbonyl (C=O) groups excluding carboxylic acids is 1. The van der Waals surface area contributed by atoms with E-state index in [0.717, 1.165) is 10.8 Å². The summed E-state index contributed by atoms with van der Waals surface area (Å²) in [7, 11) is 0. The van der Waals surface area contributed by atoms with Crippen LogP contribution in [0.25, 0.3) is 10.8 Å². The molecule has 0 unspecified atom stereocenters. The summed E-state index contributed by atoms with van der Waals surface area (Å²) in [5.41, 5.74) is 1.45. The Morgan fingerprint density at radius 3 is 2.52 bits per heavy atom. The van der Waals surface area contributed by atoms with Crippen LogP contribution in [0.4, 0.5) is 5.69 Å². The molecule has 0 aliphatic carbocycles. The van der Waals surface area contributed by atoms with Crippen LogP contribution in [0, 0.1) is 11.3 Å². The number of benzene rings is 3. The first kappa shape index (κ1) is 16.9. The van der Waals surface area contributed by atoms with E-state index in [-0.39, 0.29) is 11.0 Å². The molecule has 0 saturated heterocycles. The molecule has 0 aliphatic heterocycles. The first-order chi connectivity index (χ1) is 12.1. The topological polar surface area (TPSA) is 64.9 Å². The Labute approximate surface area is 155 Å². The predicted octanol–water partition coefficient (Wildman–Crippen LogP) is 4.49. The van der Waals surface area contributed by atoms with Gasteiger partial charge in [0.1, 0.15) is 6.07 Å². The number of amides is 1. The van der Waals surface area contributed by atoms with Gasteiger partial charge in [-0.2, -0.15) is 5.26 Å². The minimum absolute atomic E-state index is 0.117. The standard InChI is InChI=1S/C19H12ClN3OS/c20-16-9-4-6-13-14(16)7-3-8-15(13)18(24)23-19(25)22-17-10-2-1-5-12(17)11-21/h1-10H,(H2,22,23,24,25). The number of hydrogen-bond acceptors (Lipinski definition) is 3. The van der Waals surface area contributed by atoms with E-state index in [1.165, 1.54) is 0 Å². The zero-order valence-corrected chi connectivity index (χ0v) is 14.5. The lowest BCUT2D eigenvalue weighted by Crippen LogP contribution is -2.34. The normalized spacial score (nSPS) is 10.1. The lowest BCUT2D eigenvalue weighted by Gasteiger charge is -2.12. The summed E-state index contributed by atoms with van der Waals surface area (Å²) < 4.78 is 0. The maximum Gasteiger partial charge on any atom is 0.258 e. The molecule has 3 aromatic rings. The van der Waals surface area contributed by atoms with Gasteiger partial charge in [0, 0.05) is 16.0 Å². The second-order valence-electron chi connectivity index (χ2n) is 5.21. The summed E-state index contributed by atoms with van der Waals surface area (Å²) in [5.74, 6) is -0.347. The number of thiocarbonyl (C=S) groups is 1. The number of carbonyl (C=O) groups is 1. The van der Waals surface area contributed by atoms with E-state index in [1.807, 2.05) is 12.1 Å².